The molecule has 3 rings (SSSR count). The van der Waals surface area contributed by atoms with Crippen LogP contribution in [0.25, 0.3) is 0 Å². The zero-order chi connectivity index (χ0) is 15.1. The summed E-state index contributed by atoms with van der Waals surface area (Å²) in [5.41, 5.74) is 4.10. The number of carbonyl (C=O) groups is 2. The summed E-state index contributed by atoms with van der Waals surface area (Å²) in [6.07, 6.45) is 0.363. The Balaban J connectivity index is 2.02. The van der Waals surface area contributed by atoms with Crippen LogP contribution in [0.4, 0.5) is 5.69 Å². The van der Waals surface area contributed by atoms with Crippen molar-refractivity contribution in [1.82, 2.24) is 0 Å². The molecule has 1 amide bonds. The van der Waals surface area contributed by atoms with E-state index in [0.717, 1.165) is 21.3 Å². The van der Waals surface area contributed by atoms with Crippen LogP contribution in [-0.4, -0.2) is 18.7 Å². The van der Waals surface area contributed by atoms with E-state index in [1.165, 1.54) is 0 Å². The quantitative estimate of drug-likeness (QED) is 0.782. The molecule has 0 aliphatic carbocycles. The number of fused-ring (bicyclic) bond motifs is 1. The van der Waals surface area contributed by atoms with Gasteiger partial charge in [0.1, 0.15) is 0 Å². The number of aryl methyl sites for hydroxylation is 1. The van der Waals surface area contributed by atoms with Gasteiger partial charge in [0.2, 0.25) is 5.91 Å². The molecule has 0 unspecified atom stereocenters. The summed E-state index contributed by atoms with van der Waals surface area (Å²) in [5.74, 6) is 0.0294. The van der Waals surface area contributed by atoms with E-state index in [-0.39, 0.29) is 11.7 Å². The Morgan fingerprint density at radius 3 is 2.71 bits per heavy atom. The van der Waals surface area contributed by atoms with Gasteiger partial charge in [-0.05, 0) is 42.8 Å². The first-order chi connectivity index (χ1) is 9.97. The lowest BCUT2D eigenvalue weighted by Gasteiger charge is -2.11. The predicted octanol–water partition coefficient (Wildman–Crippen LogP) is 3.51. The third kappa shape index (κ3) is 2.40. The van der Waals surface area contributed by atoms with Crippen LogP contribution in [0, 0.1) is 6.92 Å². The minimum atomic E-state index is -0.0321. The summed E-state index contributed by atoms with van der Waals surface area (Å²) in [5, 5.41) is 0. The average Bonchev–Trinajstić information content (AvgIpc) is 2.75. The van der Waals surface area contributed by atoms with Crippen LogP contribution in [0.2, 0.25) is 0 Å². The van der Waals surface area contributed by atoms with Crippen molar-refractivity contribution < 1.29 is 9.59 Å². The number of hydrogen-bond donors (Lipinski definition) is 0. The molecular weight excluding hydrogens is 330 g/mol. The lowest BCUT2D eigenvalue weighted by Crippen LogP contribution is -2.20. The second-order valence-corrected chi connectivity index (χ2v) is 6.14. The molecule has 0 saturated carbocycles. The maximum atomic E-state index is 12.7. The first-order valence-corrected chi connectivity index (χ1v) is 7.47. The Kier molecular flexibility index (Phi) is 3.41. The molecule has 1 aliphatic heterocycles. The lowest BCUT2D eigenvalue weighted by atomic mass is 9.99. The van der Waals surface area contributed by atoms with Crippen molar-refractivity contribution >= 4 is 33.3 Å². The lowest BCUT2D eigenvalue weighted by molar-refractivity contribution is -0.117. The van der Waals surface area contributed by atoms with Crippen LogP contribution >= 0.6 is 15.9 Å². The molecule has 4 heteroatoms. The van der Waals surface area contributed by atoms with E-state index in [4.69, 9.17) is 0 Å². The number of rotatable bonds is 2. The van der Waals surface area contributed by atoms with Gasteiger partial charge in [0.05, 0.1) is 6.42 Å². The van der Waals surface area contributed by atoms with Gasteiger partial charge in [0, 0.05) is 28.3 Å². The maximum Gasteiger partial charge on any atom is 0.231 e. The standard InChI is InChI=1S/C17H14BrNO2/c1-10-3-5-14(18)13(7-10)17(21)11-4-6-15-12(8-11)9-16(20)19(15)2/h3-8H,9H2,1-2H3. The minimum Gasteiger partial charge on any atom is -0.315 e. The average molecular weight is 344 g/mol. The Morgan fingerprint density at radius 1 is 1.19 bits per heavy atom. The molecule has 106 valence electrons. The van der Waals surface area contributed by atoms with Crippen molar-refractivity contribution in [3.63, 3.8) is 0 Å². The molecule has 0 bridgehead atoms. The monoisotopic (exact) mass is 343 g/mol. The second-order valence-electron chi connectivity index (χ2n) is 5.29. The number of benzene rings is 2. The molecule has 3 nitrogen and oxygen atoms in total. The van der Waals surface area contributed by atoms with Gasteiger partial charge in [-0.15, -0.1) is 0 Å². The van der Waals surface area contributed by atoms with Crippen LogP contribution in [-0.2, 0) is 11.2 Å². The summed E-state index contributed by atoms with van der Waals surface area (Å²) in [7, 11) is 1.76. The molecule has 2 aromatic rings. The first kappa shape index (κ1) is 14.0. The summed E-state index contributed by atoms with van der Waals surface area (Å²) in [6.45, 7) is 1.96. The van der Waals surface area contributed by atoms with Crippen LogP contribution < -0.4 is 4.90 Å². The zero-order valence-corrected chi connectivity index (χ0v) is 13.4. The third-order valence-electron chi connectivity index (χ3n) is 3.79. The number of likely N-dealkylation sites (N-methyl/N-ethyl adjacent to an activating group) is 1. The summed E-state index contributed by atoms with van der Waals surface area (Å²) in [6, 6.07) is 11.2. The van der Waals surface area contributed by atoms with Gasteiger partial charge in [-0.1, -0.05) is 27.6 Å². The topological polar surface area (TPSA) is 37.4 Å². The van der Waals surface area contributed by atoms with Crippen LogP contribution in [0.1, 0.15) is 27.0 Å². The van der Waals surface area contributed by atoms with Crippen molar-refractivity contribution in [2.75, 3.05) is 11.9 Å². The van der Waals surface area contributed by atoms with E-state index < -0.39 is 0 Å². The fourth-order valence-corrected chi connectivity index (χ4v) is 3.01. The van der Waals surface area contributed by atoms with Crippen molar-refractivity contribution in [3.8, 4) is 0 Å². The summed E-state index contributed by atoms with van der Waals surface area (Å²) >= 11 is 3.43. The highest BCUT2D eigenvalue weighted by Crippen LogP contribution is 2.30. The van der Waals surface area contributed by atoms with Crippen LogP contribution in [0.3, 0.4) is 0 Å². The van der Waals surface area contributed by atoms with Crippen LogP contribution in [0.15, 0.2) is 40.9 Å². The molecular formula is C17H14BrNO2. The van der Waals surface area contributed by atoms with Gasteiger partial charge in [-0.25, -0.2) is 0 Å². The van der Waals surface area contributed by atoms with E-state index in [1.807, 2.05) is 37.3 Å². The van der Waals surface area contributed by atoms with Gasteiger partial charge in [0.25, 0.3) is 0 Å². The number of hydrogen-bond acceptors (Lipinski definition) is 2. The highest BCUT2D eigenvalue weighted by atomic mass is 79.9. The van der Waals surface area contributed by atoms with Crippen molar-refractivity contribution in [1.29, 1.82) is 0 Å². The SMILES string of the molecule is Cc1ccc(Br)c(C(=O)c2ccc3c(c2)CC(=O)N3C)c1. The minimum absolute atomic E-state index is 0.0321. The van der Waals surface area contributed by atoms with E-state index in [9.17, 15) is 9.59 Å². The van der Waals surface area contributed by atoms with Crippen molar-refractivity contribution in [2.45, 2.75) is 13.3 Å². The predicted molar refractivity (Wildman–Crippen MR) is 85.9 cm³/mol. The Labute approximate surface area is 131 Å². The maximum absolute atomic E-state index is 12.7. The number of carbonyl (C=O) groups excluding carboxylic acids is 2. The van der Waals surface area contributed by atoms with Gasteiger partial charge in [-0.3, -0.25) is 9.59 Å². The van der Waals surface area contributed by atoms with E-state index in [0.29, 0.717) is 17.5 Å². The number of nitrogens with zero attached hydrogens (tertiary/aromatic N) is 1. The fourth-order valence-electron chi connectivity index (χ4n) is 2.58. The Hall–Kier alpha value is -1.94. The highest BCUT2D eigenvalue weighted by molar-refractivity contribution is 9.10. The fraction of sp³-hybridized carbons (Fsp3) is 0.176. The first-order valence-electron chi connectivity index (χ1n) is 6.67. The van der Waals surface area contributed by atoms with Gasteiger partial charge in [0.15, 0.2) is 5.78 Å². The van der Waals surface area contributed by atoms with Crippen molar-refractivity contribution in [3.05, 3.63) is 63.1 Å². The highest BCUT2D eigenvalue weighted by Gasteiger charge is 2.25. The normalized spacial score (nSPS) is 13.5. The smallest absolute Gasteiger partial charge is 0.231 e. The molecule has 0 fully saturated rings. The number of amides is 1. The van der Waals surface area contributed by atoms with E-state index in [2.05, 4.69) is 15.9 Å². The van der Waals surface area contributed by atoms with Gasteiger partial charge >= 0.3 is 0 Å². The van der Waals surface area contributed by atoms with Gasteiger partial charge in [-0.2, -0.15) is 0 Å². The molecule has 0 radical (unpaired) electrons. The van der Waals surface area contributed by atoms with Crippen LogP contribution in [0.5, 0.6) is 0 Å². The second kappa shape index (κ2) is 5.11. The summed E-state index contributed by atoms with van der Waals surface area (Å²) < 4.78 is 0.784. The molecule has 2 aromatic carbocycles. The zero-order valence-electron chi connectivity index (χ0n) is 11.8. The summed E-state index contributed by atoms with van der Waals surface area (Å²) in [4.78, 5) is 26.0. The molecule has 0 atom stereocenters. The molecule has 0 spiro atoms. The number of halogens is 1. The molecule has 0 N–H and O–H groups in total. The van der Waals surface area contributed by atoms with E-state index in [1.54, 1.807) is 18.0 Å². The molecule has 21 heavy (non-hydrogen) atoms. The largest absolute Gasteiger partial charge is 0.315 e. The number of ketones is 1. The Morgan fingerprint density at radius 2 is 1.95 bits per heavy atom. The van der Waals surface area contributed by atoms with Crippen molar-refractivity contribution in [2.24, 2.45) is 0 Å². The van der Waals surface area contributed by atoms with Gasteiger partial charge < -0.3 is 4.90 Å². The molecule has 1 heterocycles. The molecule has 1 aliphatic rings. The Bertz CT molecular complexity index is 767. The number of anilines is 1. The third-order valence-corrected chi connectivity index (χ3v) is 4.48. The molecule has 0 aromatic heterocycles. The molecule has 0 saturated heterocycles. The van der Waals surface area contributed by atoms with E-state index >= 15 is 0 Å².